The predicted molar refractivity (Wildman–Crippen MR) is 125 cm³/mol. The van der Waals surface area contributed by atoms with E-state index in [1.807, 2.05) is 6.07 Å². The van der Waals surface area contributed by atoms with Crippen molar-refractivity contribution in [3.8, 4) is 6.07 Å². The molecular formula is C23H26N3O7P. The summed E-state index contributed by atoms with van der Waals surface area (Å²) >= 11 is 0. The second kappa shape index (κ2) is 12.7. The molecule has 0 heterocycles. The molecule has 0 saturated carbocycles. The minimum Gasteiger partial charge on any atom is -0.462 e. The number of hydrogen-bond donors (Lipinski definition) is 0. The van der Waals surface area contributed by atoms with Crippen LogP contribution in [0.2, 0.25) is 0 Å². The molecule has 0 bridgehead atoms. The van der Waals surface area contributed by atoms with Crippen molar-refractivity contribution < 1.29 is 28.1 Å². The highest BCUT2D eigenvalue weighted by molar-refractivity contribution is 7.51. The summed E-state index contributed by atoms with van der Waals surface area (Å²) in [5.74, 6) is -0.968. The Hall–Kier alpha value is -3.51. The van der Waals surface area contributed by atoms with Crippen LogP contribution in [0.5, 0.6) is 0 Å². The third-order valence-electron chi connectivity index (χ3n) is 4.47. The highest BCUT2D eigenvalue weighted by atomic mass is 31.2. The van der Waals surface area contributed by atoms with Gasteiger partial charge in [0.05, 0.1) is 37.0 Å². The predicted octanol–water partition coefficient (Wildman–Crippen LogP) is 5.08. The van der Waals surface area contributed by atoms with E-state index in [9.17, 15) is 24.7 Å². The van der Waals surface area contributed by atoms with E-state index in [2.05, 4.69) is 0 Å². The molecule has 0 amide bonds. The Balaban J connectivity index is 2.91. The van der Waals surface area contributed by atoms with E-state index < -0.39 is 24.2 Å². The number of nitro groups is 1. The van der Waals surface area contributed by atoms with Crippen molar-refractivity contribution in [1.29, 1.82) is 5.26 Å². The Morgan fingerprint density at radius 2 is 1.71 bits per heavy atom. The van der Waals surface area contributed by atoms with E-state index in [1.54, 1.807) is 51.1 Å². The van der Waals surface area contributed by atoms with E-state index in [-0.39, 0.29) is 43.3 Å². The van der Waals surface area contributed by atoms with E-state index >= 15 is 0 Å². The lowest BCUT2D eigenvalue weighted by Gasteiger charge is -2.33. The van der Waals surface area contributed by atoms with Crippen LogP contribution < -0.4 is 0 Å². The summed E-state index contributed by atoms with van der Waals surface area (Å²) in [7, 11) is -4.13. The fourth-order valence-corrected chi connectivity index (χ4v) is 4.94. The van der Waals surface area contributed by atoms with Gasteiger partial charge in [-0.05, 0) is 26.3 Å². The van der Waals surface area contributed by atoms with Crippen LogP contribution in [0, 0.1) is 21.4 Å². The molecule has 0 fully saturated rings. The van der Waals surface area contributed by atoms with Gasteiger partial charge in [0.1, 0.15) is 6.07 Å². The van der Waals surface area contributed by atoms with Crippen LogP contribution in [0.1, 0.15) is 31.9 Å². The van der Waals surface area contributed by atoms with Crippen LogP contribution in [0.25, 0.3) is 5.70 Å². The largest absolute Gasteiger partial charge is 0.462 e. The zero-order valence-electron chi connectivity index (χ0n) is 19.2. The molecule has 0 aliphatic carbocycles. The van der Waals surface area contributed by atoms with Crippen molar-refractivity contribution in [2.75, 3.05) is 19.8 Å². The zero-order valence-corrected chi connectivity index (χ0v) is 20.1. The second-order valence-electron chi connectivity index (χ2n) is 6.71. The standard InChI is InChI=1S/C23H26N3O7P/c1-4-31-23(27)21(16-24)22(19-13-10-14-20(15-19)26(28)29)25(17-18-11-8-7-9-12-18)34(30,32-5-2)33-6-3/h7-15H,4-6,17H2,1-3H3. The number of carbonyl (C=O) groups excluding carboxylic acids is 1. The molecule has 0 aromatic heterocycles. The molecule has 10 nitrogen and oxygen atoms in total. The molecule has 2 aromatic carbocycles. The third kappa shape index (κ3) is 6.51. The molecule has 0 unspecified atom stereocenters. The fourth-order valence-electron chi connectivity index (χ4n) is 3.14. The first-order chi connectivity index (χ1) is 16.3. The van der Waals surface area contributed by atoms with Crippen molar-refractivity contribution in [2.45, 2.75) is 27.3 Å². The van der Waals surface area contributed by atoms with Crippen molar-refractivity contribution >= 4 is 25.1 Å². The molecule has 0 radical (unpaired) electrons. The Labute approximate surface area is 198 Å². The SMILES string of the molecule is CCOC(=O)C(C#N)=C(c1cccc([N+](=O)[O-])c1)N(Cc1ccccc1)P(=O)(OCC)OCC. The minimum absolute atomic E-state index is 0.00603. The topological polar surface area (TPSA) is 132 Å². The maximum Gasteiger partial charge on any atom is 0.435 e. The number of rotatable bonds is 12. The average Bonchev–Trinajstić information content (AvgIpc) is 2.82. The van der Waals surface area contributed by atoms with Crippen molar-refractivity contribution in [3.05, 3.63) is 81.4 Å². The third-order valence-corrected chi connectivity index (χ3v) is 6.57. The Morgan fingerprint density at radius 1 is 1.06 bits per heavy atom. The summed E-state index contributed by atoms with van der Waals surface area (Å²) in [6, 6.07) is 16.0. The smallest absolute Gasteiger partial charge is 0.435 e. The van der Waals surface area contributed by atoms with Gasteiger partial charge in [0.15, 0.2) is 5.57 Å². The lowest BCUT2D eigenvalue weighted by molar-refractivity contribution is -0.384. The summed E-state index contributed by atoms with van der Waals surface area (Å²) in [5.41, 5.74) is -0.143. The van der Waals surface area contributed by atoms with Gasteiger partial charge >= 0.3 is 13.7 Å². The highest BCUT2D eigenvalue weighted by Crippen LogP contribution is 2.57. The van der Waals surface area contributed by atoms with E-state index in [4.69, 9.17) is 13.8 Å². The molecule has 2 rings (SSSR count). The molecule has 2 aromatic rings. The molecule has 0 atom stereocenters. The van der Waals surface area contributed by atoms with Crippen LogP contribution in [-0.2, 0) is 29.7 Å². The summed E-state index contributed by atoms with van der Waals surface area (Å²) in [4.78, 5) is 23.6. The first-order valence-corrected chi connectivity index (χ1v) is 12.1. The van der Waals surface area contributed by atoms with Gasteiger partial charge in [0.2, 0.25) is 0 Å². The Bertz CT molecular complexity index is 1120. The number of carbonyl (C=O) groups is 1. The van der Waals surface area contributed by atoms with Gasteiger partial charge in [0.25, 0.3) is 5.69 Å². The molecule has 11 heteroatoms. The average molecular weight is 487 g/mol. The number of esters is 1. The second-order valence-corrected chi connectivity index (χ2v) is 8.65. The van der Waals surface area contributed by atoms with Crippen LogP contribution in [-0.4, -0.2) is 35.4 Å². The molecule has 0 N–H and O–H groups in total. The molecule has 34 heavy (non-hydrogen) atoms. The molecule has 0 aliphatic heterocycles. The monoisotopic (exact) mass is 487 g/mol. The number of nitriles is 1. The maximum absolute atomic E-state index is 14.0. The highest BCUT2D eigenvalue weighted by Gasteiger charge is 2.39. The number of nitro benzene ring substituents is 1. The van der Waals surface area contributed by atoms with E-state index in [0.29, 0.717) is 5.56 Å². The lowest BCUT2D eigenvalue weighted by Crippen LogP contribution is -2.25. The lowest BCUT2D eigenvalue weighted by atomic mass is 10.1. The van der Waals surface area contributed by atoms with Crippen molar-refractivity contribution in [2.24, 2.45) is 0 Å². The van der Waals surface area contributed by atoms with Gasteiger partial charge in [0, 0.05) is 17.7 Å². The van der Waals surface area contributed by atoms with Gasteiger partial charge in [-0.1, -0.05) is 42.5 Å². The number of ether oxygens (including phenoxy) is 1. The van der Waals surface area contributed by atoms with E-state index in [1.165, 1.54) is 28.9 Å². The van der Waals surface area contributed by atoms with E-state index in [0.717, 1.165) is 0 Å². The number of hydrogen-bond acceptors (Lipinski definition) is 8. The first kappa shape index (κ1) is 26.7. The van der Waals surface area contributed by atoms with Gasteiger partial charge in [-0.25, -0.2) is 9.36 Å². The normalized spacial score (nSPS) is 11.8. The number of nitrogens with zero attached hydrogens (tertiary/aromatic N) is 3. The number of benzene rings is 2. The number of non-ortho nitro benzene ring substituents is 1. The molecular weight excluding hydrogens is 461 g/mol. The summed E-state index contributed by atoms with van der Waals surface area (Å²) < 4.78 is 31.3. The first-order valence-electron chi connectivity index (χ1n) is 10.6. The maximum atomic E-state index is 14.0. The van der Waals surface area contributed by atoms with Gasteiger partial charge in [-0.3, -0.25) is 23.8 Å². The quantitative estimate of drug-likeness (QED) is 0.100. The Morgan fingerprint density at radius 3 is 2.24 bits per heavy atom. The summed E-state index contributed by atoms with van der Waals surface area (Å²) in [5, 5.41) is 21.4. The van der Waals surface area contributed by atoms with Crippen LogP contribution in [0.4, 0.5) is 5.69 Å². The summed E-state index contributed by atoms with van der Waals surface area (Å²) in [6.45, 7) is 4.74. The van der Waals surface area contributed by atoms with Crippen LogP contribution in [0.3, 0.4) is 0 Å². The van der Waals surface area contributed by atoms with Gasteiger partial charge < -0.3 is 4.74 Å². The minimum atomic E-state index is -4.13. The zero-order chi connectivity index (χ0) is 25.1. The van der Waals surface area contributed by atoms with Crippen molar-refractivity contribution in [3.63, 3.8) is 0 Å². The van der Waals surface area contributed by atoms with Crippen LogP contribution >= 0.6 is 7.75 Å². The van der Waals surface area contributed by atoms with Crippen molar-refractivity contribution in [1.82, 2.24) is 4.67 Å². The van der Waals surface area contributed by atoms with Gasteiger partial charge in [-0.15, -0.1) is 0 Å². The summed E-state index contributed by atoms with van der Waals surface area (Å²) in [6.07, 6.45) is 0. The van der Waals surface area contributed by atoms with Crippen LogP contribution in [0.15, 0.2) is 60.2 Å². The molecule has 0 aliphatic rings. The molecule has 180 valence electrons. The Kier molecular flexibility index (Phi) is 9.95. The molecule has 0 spiro atoms. The fraction of sp³-hybridized carbons (Fsp3) is 0.304. The van der Waals surface area contributed by atoms with Gasteiger partial charge in [-0.2, -0.15) is 5.26 Å². The molecule has 0 saturated heterocycles.